The minimum atomic E-state index is -3.94. The van der Waals surface area contributed by atoms with Crippen LogP contribution in [-0.4, -0.2) is 46.3 Å². The Morgan fingerprint density at radius 2 is 1.87 bits per heavy atom. The lowest BCUT2D eigenvalue weighted by Gasteiger charge is -2.12. The largest absolute Gasteiger partial charge is 0.478 e. The van der Waals surface area contributed by atoms with E-state index < -0.39 is 15.9 Å². The highest BCUT2D eigenvalue weighted by molar-refractivity contribution is 7.92. The average molecular weight is 482 g/mol. The summed E-state index contributed by atoms with van der Waals surface area (Å²) in [6.07, 6.45) is 4.05. The molecule has 0 aliphatic rings. The number of anilines is 2. The number of amides is 1. The summed E-state index contributed by atoms with van der Waals surface area (Å²) in [6, 6.07) is 5.68. The number of halogens is 1. The van der Waals surface area contributed by atoms with E-state index in [0.717, 1.165) is 0 Å². The first-order valence-electron chi connectivity index (χ1n) is 8.49. The van der Waals surface area contributed by atoms with E-state index in [1.54, 1.807) is 7.05 Å². The number of benzene rings is 1. The van der Waals surface area contributed by atoms with Crippen LogP contribution in [0.2, 0.25) is 5.02 Å². The molecule has 0 aliphatic heterocycles. The fourth-order valence-corrected chi connectivity index (χ4v) is 3.91. The lowest BCUT2D eigenvalue weighted by atomic mass is 10.3. The Morgan fingerprint density at radius 1 is 1.19 bits per heavy atom. The first-order chi connectivity index (χ1) is 14.7. The van der Waals surface area contributed by atoms with Crippen molar-refractivity contribution in [3.05, 3.63) is 53.6 Å². The van der Waals surface area contributed by atoms with Crippen LogP contribution in [0.1, 0.15) is 10.5 Å². The molecule has 0 atom stereocenters. The highest BCUT2D eigenvalue weighted by atomic mass is 35.5. The molecule has 0 spiro atoms. The first-order valence-corrected chi connectivity index (χ1v) is 10.8. The summed E-state index contributed by atoms with van der Waals surface area (Å²) in [5.41, 5.74) is 0.607. The maximum Gasteiger partial charge on any atom is 0.277 e. The van der Waals surface area contributed by atoms with Crippen LogP contribution in [0.5, 0.6) is 5.88 Å². The number of rotatable bonds is 6. The van der Waals surface area contributed by atoms with Gasteiger partial charge in [0, 0.05) is 25.1 Å². The minimum Gasteiger partial charge on any atom is -0.478 e. The van der Waals surface area contributed by atoms with Crippen molar-refractivity contribution in [3.63, 3.8) is 0 Å². The van der Waals surface area contributed by atoms with Gasteiger partial charge in [0.2, 0.25) is 5.82 Å². The van der Waals surface area contributed by atoms with Crippen LogP contribution >= 0.6 is 23.8 Å². The van der Waals surface area contributed by atoms with E-state index in [0.29, 0.717) is 5.69 Å². The van der Waals surface area contributed by atoms with Crippen molar-refractivity contribution in [2.24, 2.45) is 7.05 Å². The summed E-state index contributed by atoms with van der Waals surface area (Å²) in [5.74, 6) is -0.535. The number of hydrogen-bond donors (Lipinski definition) is 3. The van der Waals surface area contributed by atoms with Crippen LogP contribution in [0.3, 0.4) is 0 Å². The molecule has 162 valence electrons. The molecule has 3 N–H and O–H groups in total. The number of nitrogens with zero attached hydrogens (tertiary/aromatic N) is 4. The molecule has 3 aromatic rings. The third-order valence-electron chi connectivity index (χ3n) is 3.85. The Kier molecular flexibility index (Phi) is 6.68. The van der Waals surface area contributed by atoms with Crippen LogP contribution in [0.15, 0.2) is 47.8 Å². The third-order valence-corrected chi connectivity index (χ3v) is 5.68. The molecule has 31 heavy (non-hydrogen) atoms. The van der Waals surface area contributed by atoms with Crippen molar-refractivity contribution in [1.82, 2.24) is 25.1 Å². The zero-order chi connectivity index (χ0) is 22.6. The van der Waals surface area contributed by atoms with Crippen molar-refractivity contribution in [2.45, 2.75) is 4.90 Å². The van der Waals surface area contributed by atoms with Gasteiger partial charge in [0.25, 0.3) is 21.8 Å². The van der Waals surface area contributed by atoms with Crippen LogP contribution in [0.25, 0.3) is 0 Å². The van der Waals surface area contributed by atoms with Crippen LogP contribution < -0.4 is 20.1 Å². The van der Waals surface area contributed by atoms with E-state index in [1.807, 2.05) is 0 Å². The van der Waals surface area contributed by atoms with E-state index in [2.05, 4.69) is 30.4 Å². The lowest BCUT2D eigenvalue weighted by molar-refractivity contribution is 0.0968. The third kappa shape index (κ3) is 5.25. The first kappa shape index (κ1) is 22.4. The molecule has 0 bridgehead atoms. The van der Waals surface area contributed by atoms with Crippen molar-refractivity contribution < 1.29 is 17.9 Å². The molecule has 1 amide bonds. The average Bonchev–Trinajstić information content (AvgIpc) is 3.06. The summed E-state index contributed by atoms with van der Waals surface area (Å²) in [6.45, 7) is 0. The maximum absolute atomic E-state index is 12.6. The number of thiocarbonyl (C=S) groups is 1. The standard InChI is InChI=1S/C17H16ClN7O4S2/c1-25-13(12(18)9-21-25)15(26)23-17(30)22-10-3-5-11(6-4-10)31(27,28)24-14-16(29-2)20-8-7-19-14/h3-9H,1-2H3,(H,19,24)(H2,22,23,26,30). The predicted molar refractivity (Wildman–Crippen MR) is 118 cm³/mol. The Bertz CT molecular complexity index is 1210. The number of sulfonamides is 1. The zero-order valence-electron chi connectivity index (χ0n) is 16.2. The Balaban J connectivity index is 1.67. The van der Waals surface area contributed by atoms with Gasteiger partial charge in [0.1, 0.15) is 5.69 Å². The minimum absolute atomic E-state index is 0.000273. The van der Waals surface area contributed by atoms with Crippen LogP contribution in [0.4, 0.5) is 11.5 Å². The summed E-state index contributed by atoms with van der Waals surface area (Å²) in [5, 5.41) is 9.34. The molecule has 0 saturated heterocycles. The molecule has 0 unspecified atom stereocenters. The molecule has 0 radical (unpaired) electrons. The van der Waals surface area contributed by atoms with Gasteiger partial charge in [0.15, 0.2) is 5.11 Å². The van der Waals surface area contributed by atoms with Crippen molar-refractivity contribution in [1.29, 1.82) is 0 Å². The van der Waals surface area contributed by atoms with Gasteiger partial charge in [-0.3, -0.25) is 19.5 Å². The number of carbonyl (C=O) groups is 1. The number of carbonyl (C=O) groups excluding carboxylic acids is 1. The fourth-order valence-electron chi connectivity index (χ4n) is 2.44. The van der Waals surface area contributed by atoms with E-state index >= 15 is 0 Å². The Labute approximate surface area is 187 Å². The SMILES string of the molecule is COc1nccnc1NS(=O)(=O)c1ccc(NC(=S)NC(=O)c2c(Cl)cnn2C)cc1. The van der Waals surface area contributed by atoms with Gasteiger partial charge in [-0.15, -0.1) is 0 Å². The normalized spacial score (nSPS) is 10.9. The quantitative estimate of drug-likeness (QED) is 0.449. The second-order valence-electron chi connectivity index (χ2n) is 5.92. The number of nitrogens with one attached hydrogen (secondary N) is 3. The molecule has 14 heteroatoms. The van der Waals surface area contributed by atoms with Gasteiger partial charge < -0.3 is 10.1 Å². The zero-order valence-corrected chi connectivity index (χ0v) is 18.5. The van der Waals surface area contributed by atoms with E-state index in [4.69, 9.17) is 28.6 Å². The second kappa shape index (κ2) is 9.24. The Hall–Kier alpha value is -3.29. The van der Waals surface area contributed by atoms with Crippen molar-refractivity contribution in [3.8, 4) is 5.88 Å². The van der Waals surface area contributed by atoms with Crippen LogP contribution in [0, 0.1) is 0 Å². The molecule has 2 heterocycles. The van der Waals surface area contributed by atoms with Gasteiger partial charge in [-0.1, -0.05) is 11.6 Å². The molecule has 0 fully saturated rings. The van der Waals surface area contributed by atoms with E-state index in [1.165, 1.54) is 54.6 Å². The molecular formula is C17H16ClN7O4S2. The van der Waals surface area contributed by atoms with Gasteiger partial charge in [-0.2, -0.15) is 5.10 Å². The highest BCUT2D eigenvalue weighted by Gasteiger charge is 2.19. The lowest BCUT2D eigenvalue weighted by Crippen LogP contribution is -2.35. The fraction of sp³-hybridized carbons (Fsp3) is 0.118. The van der Waals surface area contributed by atoms with E-state index in [9.17, 15) is 13.2 Å². The molecular weight excluding hydrogens is 466 g/mol. The number of hydrogen-bond acceptors (Lipinski definition) is 8. The summed E-state index contributed by atoms with van der Waals surface area (Å²) >= 11 is 11.1. The predicted octanol–water partition coefficient (Wildman–Crippen LogP) is 1.80. The summed E-state index contributed by atoms with van der Waals surface area (Å²) in [4.78, 5) is 20.0. The summed E-state index contributed by atoms with van der Waals surface area (Å²) < 4.78 is 33.8. The molecule has 11 nitrogen and oxygen atoms in total. The smallest absolute Gasteiger partial charge is 0.277 e. The number of aromatic nitrogens is 4. The number of ether oxygens (including phenoxy) is 1. The molecule has 1 aromatic carbocycles. The van der Waals surface area contributed by atoms with Gasteiger partial charge >= 0.3 is 0 Å². The van der Waals surface area contributed by atoms with Crippen LogP contribution in [-0.2, 0) is 17.1 Å². The van der Waals surface area contributed by atoms with Gasteiger partial charge in [-0.05, 0) is 36.5 Å². The van der Waals surface area contributed by atoms with Gasteiger partial charge in [-0.25, -0.2) is 18.4 Å². The maximum atomic E-state index is 12.6. The monoisotopic (exact) mass is 481 g/mol. The van der Waals surface area contributed by atoms with Gasteiger partial charge in [0.05, 0.1) is 23.2 Å². The highest BCUT2D eigenvalue weighted by Crippen LogP contribution is 2.22. The molecule has 0 aliphatic carbocycles. The summed E-state index contributed by atoms with van der Waals surface area (Å²) in [7, 11) is -1.01. The second-order valence-corrected chi connectivity index (χ2v) is 8.41. The number of methoxy groups -OCH3 is 1. The molecule has 2 aromatic heterocycles. The van der Waals surface area contributed by atoms with E-state index in [-0.39, 0.29) is 32.4 Å². The Morgan fingerprint density at radius 3 is 2.48 bits per heavy atom. The van der Waals surface area contributed by atoms with Crippen molar-refractivity contribution in [2.75, 3.05) is 17.1 Å². The molecule has 3 rings (SSSR count). The number of aryl methyl sites for hydroxylation is 1. The van der Waals surface area contributed by atoms with Crippen molar-refractivity contribution >= 4 is 56.4 Å². The topological polar surface area (TPSA) is 140 Å². The molecule has 0 saturated carbocycles.